The SMILES string of the molecule is Cc1ccc(-c2cc(=O)c3cc(NC(=O)c4cccc(C)c4)ccc3o2)cc1. The highest BCUT2D eigenvalue weighted by atomic mass is 16.3. The van der Waals surface area contributed by atoms with Crippen molar-refractivity contribution in [3.05, 3.63) is 99.7 Å². The Labute approximate surface area is 162 Å². The molecule has 0 atom stereocenters. The number of carbonyl (C=O) groups excluding carboxylic acids is 1. The van der Waals surface area contributed by atoms with E-state index in [1.165, 1.54) is 6.07 Å². The first-order valence-electron chi connectivity index (χ1n) is 9.02. The van der Waals surface area contributed by atoms with Gasteiger partial charge in [-0.15, -0.1) is 0 Å². The van der Waals surface area contributed by atoms with Crippen LogP contribution in [0.5, 0.6) is 0 Å². The minimum absolute atomic E-state index is 0.150. The minimum atomic E-state index is -0.219. The average molecular weight is 369 g/mol. The summed E-state index contributed by atoms with van der Waals surface area (Å²) in [4.78, 5) is 25.1. The molecule has 3 aromatic carbocycles. The van der Waals surface area contributed by atoms with Crippen LogP contribution in [-0.4, -0.2) is 5.91 Å². The summed E-state index contributed by atoms with van der Waals surface area (Å²) < 4.78 is 5.92. The third-order valence-electron chi connectivity index (χ3n) is 4.60. The van der Waals surface area contributed by atoms with Crippen LogP contribution >= 0.6 is 0 Å². The quantitative estimate of drug-likeness (QED) is 0.531. The third-order valence-corrected chi connectivity index (χ3v) is 4.60. The van der Waals surface area contributed by atoms with E-state index in [1.54, 1.807) is 24.3 Å². The maximum absolute atomic E-state index is 12.6. The van der Waals surface area contributed by atoms with Gasteiger partial charge in [-0.05, 0) is 44.2 Å². The normalized spacial score (nSPS) is 10.8. The van der Waals surface area contributed by atoms with E-state index in [2.05, 4.69) is 5.32 Å². The number of hydrogen-bond acceptors (Lipinski definition) is 3. The minimum Gasteiger partial charge on any atom is -0.456 e. The van der Waals surface area contributed by atoms with Crippen LogP contribution in [0.25, 0.3) is 22.3 Å². The summed E-state index contributed by atoms with van der Waals surface area (Å²) in [6.07, 6.45) is 0. The van der Waals surface area contributed by atoms with Crippen molar-refractivity contribution in [3.63, 3.8) is 0 Å². The molecule has 0 aliphatic carbocycles. The number of rotatable bonds is 3. The second-order valence-electron chi connectivity index (χ2n) is 6.88. The third kappa shape index (κ3) is 3.58. The molecule has 1 heterocycles. The highest BCUT2D eigenvalue weighted by Gasteiger charge is 2.10. The summed E-state index contributed by atoms with van der Waals surface area (Å²) in [6.45, 7) is 3.94. The van der Waals surface area contributed by atoms with Crippen molar-refractivity contribution in [1.82, 2.24) is 0 Å². The first kappa shape index (κ1) is 17.7. The summed E-state index contributed by atoms with van der Waals surface area (Å²) in [5, 5.41) is 3.27. The maximum atomic E-state index is 12.6. The number of fused-ring (bicyclic) bond motifs is 1. The molecule has 138 valence electrons. The number of anilines is 1. The molecule has 28 heavy (non-hydrogen) atoms. The maximum Gasteiger partial charge on any atom is 0.255 e. The molecule has 4 heteroatoms. The van der Waals surface area contributed by atoms with Gasteiger partial charge in [-0.1, -0.05) is 47.5 Å². The predicted molar refractivity (Wildman–Crippen MR) is 112 cm³/mol. The first-order valence-corrected chi connectivity index (χ1v) is 9.02. The number of amides is 1. The number of hydrogen-bond donors (Lipinski definition) is 1. The van der Waals surface area contributed by atoms with E-state index in [4.69, 9.17) is 4.42 Å². The molecule has 0 aliphatic heterocycles. The van der Waals surface area contributed by atoms with Gasteiger partial charge in [0.25, 0.3) is 5.91 Å². The molecule has 4 rings (SSSR count). The number of benzene rings is 3. The lowest BCUT2D eigenvalue weighted by atomic mass is 10.1. The van der Waals surface area contributed by atoms with Gasteiger partial charge in [-0.2, -0.15) is 0 Å². The van der Waals surface area contributed by atoms with Gasteiger partial charge in [0.2, 0.25) is 0 Å². The molecular formula is C24H19NO3. The Hall–Kier alpha value is -3.66. The van der Waals surface area contributed by atoms with E-state index in [1.807, 2.05) is 56.3 Å². The van der Waals surface area contributed by atoms with Gasteiger partial charge < -0.3 is 9.73 Å². The zero-order valence-corrected chi connectivity index (χ0v) is 15.7. The largest absolute Gasteiger partial charge is 0.456 e. The van der Waals surface area contributed by atoms with Crippen LogP contribution in [0, 0.1) is 13.8 Å². The summed E-state index contributed by atoms with van der Waals surface area (Å²) in [5.74, 6) is 0.303. The van der Waals surface area contributed by atoms with Crippen molar-refractivity contribution in [2.75, 3.05) is 5.32 Å². The summed E-state index contributed by atoms with van der Waals surface area (Å²) >= 11 is 0. The molecular weight excluding hydrogens is 350 g/mol. The Morgan fingerprint density at radius 1 is 0.857 bits per heavy atom. The van der Waals surface area contributed by atoms with Gasteiger partial charge in [-0.25, -0.2) is 0 Å². The lowest BCUT2D eigenvalue weighted by Gasteiger charge is -2.08. The summed E-state index contributed by atoms with van der Waals surface area (Å²) in [5.41, 5.74) is 4.45. The molecule has 4 nitrogen and oxygen atoms in total. The second kappa shape index (κ2) is 7.16. The van der Waals surface area contributed by atoms with Gasteiger partial charge >= 0.3 is 0 Å². The molecule has 0 aliphatic rings. The molecule has 0 radical (unpaired) electrons. The Kier molecular flexibility index (Phi) is 4.53. The lowest BCUT2D eigenvalue weighted by molar-refractivity contribution is 0.102. The zero-order chi connectivity index (χ0) is 19.7. The molecule has 4 aromatic rings. The molecule has 0 bridgehead atoms. The number of carbonyl (C=O) groups is 1. The van der Waals surface area contributed by atoms with Gasteiger partial charge in [0.15, 0.2) is 5.43 Å². The first-order chi connectivity index (χ1) is 13.5. The molecule has 0 unspecified atom stereocenters. The highest BCUT2D eigenvalue weighted by Crippen LogP contribution is 2.24. The van der Waals surface area contributed by atoms with Crippen LogP contribution < -0.4 is 10.7 Å². The Balaban J connectivity index is 1.67. The van der Waals surface area contributed by atoms with Crippen molar-refractivity contribution < 1.29 is 9.21 Å². The Morgan fingerprint density at radius 2 is 1.64 bits per heavy atom. The topological polar surface area (TPSA) is 59.3 Å². The number of aryl methyl sites for hydroxylation is 2. The van der Waals surface area contributed by atoms with Crippen LogP contribution in [0.4, 0.5) is 5.69 Å². The number of nitrogens with one attached hydrogen (secondary N) is 1. The van der Waals surface area contributed by atoms with Crippen LogP contribution in [0.1, 0.15) is 21.5 Å². The van der Waals surface area contributed by atoms with Crippen LogP contribution in [0.2, 0.25) is 0 Å². The fourth-order valence-corrected chi connectivity index (χ4v) is 3.08. The molecule has 0 saturated heterocycles. The van der Waals surface area contributed by atoms with Crippen LogP contribution in [0.15, 0.2) is 82.0 Å². The van der Waals surface area contributed by atoms with Crippen LogP contribution in [0.3, 0.4) is 0 Å². The molecule has 1 aromatic heterocycles. The summed E-state index contributed by atoms with van der Waals surface area (Å²) in [7, 11) is 0. The van der Waals surface area contributed by atoms with Crippen molar-refractivity contribution in [2.45, 2.75) is 13.8 Å². The predicted octanol–water partition coefficient (Wildman–Crippen LogP) is 5.33. The van der Waals surface area contributed by atoms with Crippen molar-refractivity contribution >= 4 is 22.6 Å². The van der Waals surface area contributed by atoms with Crippen molar-refractivity contribution in [3.8, 4) is 11.3 Å². The van der Waals surface area contributed by atoms with Gasteiger partial charge in [-0.3, -0.25) is 9.59 Å². The lowest BCUT2D eigenvalue weighted by Crippen LogP contribution is -2.12. The monoisotopic (exact) mass is 369 g/mol. The Bertz CT molecular complexity index is 1240. The van der Waals surface area contributed by atoms with E-state index < -0.39 is 0 Å². The summed E-state index contributed by atoms with van der Waals surface area (Å²) in [6, 6.07) is 21.7. The highest BCUT2D eigenvalue weighted by molar-refractivity contribution is 6.05. The van der Waals surface area contributed by atoms with E-state index in [0.29, 0.717) is 28.0 Å². The van der Waals surface area contributed by atoms with Crippen molar-refractivity contribution in [1.29, 1.82) is 0 Å². The molecule has 0 fully saturated rings. The van der Waals surface area contributed by atoms with E-state index in [9.17, 15) is 9.59 Å². The Morgan fingerprint density at radius 3 is 2.39 bits per heavy atom. The fraction of sp³-hybridized carbons (Fsp3) is 0.0833. The standard InChI is InChI=1S/C24H19NO3/c1-15-6-8-17(9-7-15)23-14-21(26)20-13-19(10-11-22(20)28-23)25-24(27)18-5-3-4-16(2)12-18/h3-14H,1-2H3,(H,25,27). The van der Waals surface area contributed by atoms with E-state index in [0.717, 1.165) is 16.7 Å². The molecule has 0 spiro atoms. The zero-order valence-electron chi connectivity index (χ0n) is 15.7. The smallest absolute Gasteiger partial charge is 0.255 e. The van der Waals surface area contributed by atoms with Crippen molar-refractivity contribution in [2.24, 2.45) is 0 Å². The fourth-order valence-electron chi connectivity index (χ4n) is 3.08. The van der Waals surface area contributed by atoms with E-state index >= 15 is 0 Å². The van der Waals surface area contributed by atoms with E-state index in [-0.39, 0.29) is 11.3 Å². The van der Waals surface area contributed by atoms with Gasteiger partial charge in [0.1, 0.15) is 11.3 Å². The van der Waals surface area contributed by atoms with Crippen LogP contribution in [-0.2, 0) is 0 Å². The molecule has 1 N–H and O–H groups in total. The second-order valence-corrected chi connectivity index (χ2v) is 6.88. The average Bonchev–Trinajstić information content (AvgIpc) is 2.69. The molecule has 0 saturated carbocycles. The van der Waals surface area contributed by atoms with Gasteiger partial charge in [0, 0.05) is 22.9 Å². The van der Waals surface area contributed by atoms with Gasteiger partial charge in [0.05, 0.1) is 5.39 Å². The molecule has 1 amide bonds.